The number of piperidine rings is 1. The van der Waals surface area contributed by atoms with E-state index in [0.29, 0.717) is 36.6 Å². The van der Waals surface area contributed by atoms with E-state index in [0.717, 1.165) is 5.56 Å². The van der Waals surface area contributed by atoms with Crippen molar-refractivity contribution in [2.24, 2.45) is 5.92 Å². The molecule has 9 nitrogen and oxygen atoms in total. The Morgan fingerprint density at radius 1 is 1.09 bits per heavy atom. The molecule has 0 spiro atoms. The Labute approximate surface area is 200 Å². The molecule has 184 valence electrons. The number of methoxy groups -OCH3 is 1. The van der Waals surface area contributed by atoms with Crippen molar-refractivity contribution >= 4 is 27.6 Å². The smallest absolute Gasteiger partial charge is 0.309 e. The molecule has 0 radical (unpaired) electrons. The molecule has 3 rings (SSSR count). The quantitative estimate of drug-likeness (QED) is 0.538. The Morgan fingerprint density at radius 2 is 1.76 bits per heavy atom. The summed E-state index contributed by atoms with van der Waals surface area (Å²) in [6, 6.07) is 11.6. The molecule has 1 aliphatic rings. The highest BCUT2D eigenvalue weighted by Crippen LogP contribution is 2.27. The molecule has 0 saturated carbocycles. The number of carbonyl (C=O) groups is 2. The number of anilines is 1. The maximum Gasteiger partial charge on any atom is 0.309 e. The van der Waals surface area contributed by atoms with Gasteiger partial charge in [0.25, 0.3) is 5.91 Å². The van der Waals surface area contributed by atoms with E-state index in [2.05, 4.69) is 5.32 Å². The van der Waals surface area contributed by atoms with Crippen LogP contribution in [0.5, 0.6) is 11.5 Å². The molecular formula is C24H30N2O7S. The molecule has 0 bridgehead atoms. The van der Waals surface area contributed by atoms with E-state index in [1.54, 1.807) is 24.3 Å². The molecule has 0 unspecified atom stereocenters. The number of hydrogen-bond acceptors (Lipinski definition) is 7. The van der Waals surface area contributed by atoms with E-state index < -0.39 is 34.4 Å². The van der Waals surface area contributed by atoms with Crippen LogP contribution in [0, 0.1) is 12.8 Å². The molecule has 1 heterocycles. The highest BCUT2D eigenvalue weighted by Gasteiger charge is 2.33. The number of ether oxygens (including phenoxy) is 3. The van der Waals surface area contributed by atoms with Gasteiger partial charge in [0.2, 0.25) is 10.0 Å². The van der Waals surface area contributed by atoms with E-state index in [4.69, 9.17) is 14.2 Å². The van der Waals surface area contributed by atoms with Crippen molar-refractivity contribution in [1.82, 2.24) is 4.31 Å². The largest absolute Gasteiger partial charge is 0.495 e. The number of carbonyl (C=O) groups excluding carboxylic acids is 2. The number of benzene rings is 2. The molecule has 1 aliphatic heterocycles. The molecule has 2 aromatic carbocycles. The van der Waals surface area contributed by atoms with Gasteiger partial charge in [-0.15, -0.1) is 0 Å². The standard InChI is InChI=1S/C24H30N2O7S/c1-4-32-19-6-8-20(9-7-19)34(29,30)26-13-11-18(12-14-26)24(28)33-16-23(27)25-21-15-17(2)5-10-22(21)31-3/h5-10,15,18H,4,11-14,16H2,1-3H3,(H,25,27). The molecule has 1 N–H and O–H groups in total. The van der Waals surface area contributed by atoms with Gasteiger partial charge in [0, 0.05) is 13.1 Å². The lowest BCUT2D eigenvalue weighted by Crippen LogP contribution is -2.40. The van der Waals surface area contributed by atoms with Gasteiger partial charge in [-0.1, -0.05) is 6.07 Å². The SMILES string of the molecule is CCOc1ccc(S(=O)(=O)N2CCC(C(=O)OCC(=O)Nc3cc(C)ccc3OC)CC2)cc1. The van der Waals surface area contributed by atoms with Crippen LogP contribution in [-0.4, -0.2) is 58.0 Å². The first-order valence-electron chi connectivity index (χ1n) is 11.1. The van der Waals surface area contributed by atoms with Gasteiger partial charge >= 0.3 is 5.97 Å². The summed E-state index contributed by atoms with van der Waals surface area (Å²) < 4.78 is 42.9. The van der Waals surface area contributed by atoms with Crippen molar-refractivity contribution in [2.75, 3.05) is 38.7 Å². The summed E-state index contributed by atoms with van der Waals surface area (Å²) in [6.45, 7) is 4.20. The molecule has 10 heteroatoms. The summed E-state index contributed by atoms with van der Waals surface area (Å²) in [4.78, 5) is 24.9. The lowest BCUT2D eigenvalue weighted by molar-refractivity contribution is -0.152. The molecule has 0 atom stereocenters. The van der Waals surface area contributed by atoms with E-state index in [9.17, 15) is 18.0 Å². The predicted molar refractivity (Wildman–Crippen MR) is 126 cm³/mol. The number of aryl methyl sites for hydroxylation is 1. The van der Waals surface area contributed by atoms with Crippen LogP contribution in [0.1, 0.15) is 25.3 Å². The third-order valence-corrected chi connectivity index (χ3v) is 7.45. The van der Waals surface area contributed by atoms with Crippen LogP contribution in [0.15, 0.2) is 47.4 Å². The van der Waals surface area contributed by atoms with Crippen LogP contribution in [-0.2, 0) is 24.3 Å². The summed E-state index contributed by atoms with van der Waals surface area (Å²) in [5.41, 5.74) is 1.44. The van der Waals surface area contributed by atoms with E-state index in [1.807, 2.05) is 19.9 Å². The molecule has 0 aliphatic carbocycles. The number of hydrogen-bond donors (Lipinski definition) is 1. The van der Waals surface area contributed by atoms with Crippen molar-refractivity contribution in [2.45, 2.75) is 31.6 Å². The number of nitrogens with one attached hydrogen (secondary N) is 1. The molecule has 0 aromatic heterocycles. The number of rotatable bonds is 9. The average Bonchev–Trinajstić information content (AvgIpc) is 2.83. The van der Waals surface area contributed by atoms with Crippen LogP contribution < -0.4 is 14.8 Å². The second-order valence-electron chi connectivity index (χ2n) is 7.94. The molecule has 1 saturated heterocycles. The number of sulfonamides is 1. The van der Waals surface area contributed by atoms with Crippen LogP contribution in [0.2, 0.25) is 0 Å². The molecule has 1 amide bonds. The fourth-order valence-electron chi connectivity index (χ4n) is 3.72. The zero-order valence-corrected chi connectivity index (χ0v) is 20.4. The summed E-state index contributed by atoms with van der Waals surface area (Å²) in [7, 11) is -2.16. The summed E-state index contributed by atoms with van der Waals surface area (Å²) in [6.07, 6.45) is 0.644. The van der Waals surface area contributed by atoms with Crippen molar-refractivity contribution in [3.05, 3.63) is 48.0 Å². The van der Waals surface area contributed by atoms with Crippen LogP contribution in [0.3, 0.4) is 0 Å². The van der Waals surface area contributed by atoms with Crippen LogP contribution >= 0.6 is 0 Å². The van der Waals surface area contributed by atoms with Gasteiger partial charge in [-0.25, -0.2) is 8.42 Å². The van der Waals surface area contributed by atoms with Crippen molar-refractivity contribution in [1.29, 1.82) is 0 Å². The van der Waals surface area contributed by atoms with Gasteiger partial charge in [-0.2, -0.15) is 4.31 Å². The Morgan fingerprint density at radius 3 is 2.38 bits per heavy atom. The normalized spacial score (nSPS) is 14.9. The highest BCUT2D eigenvalue weighted by atomic mass is 32.2. The predicted octanol–water partition coefficient (Wildman–Crippen LogP) is 2.98. The first-order valence-corrected chi connectivity index (χ1v) is 12.5. The number of nitrogens with zero attached hydrogens (tertiary/aromatic N) is 1. The molecule has 34 heavy (non-hydrogen) atoms. The van der Waals surface area contributed by atoms with E-state index in [1.165, 1.54) is 23.5 Å². The number of esters is 1. The van der Waals surface area contributed by atoms with Crippen LogP contribution in [0.4, 0.5) is 5.69 Å². The zero-order valence-electron chi connectivity index (χ0n) is 19.6. The maximum absolute atomic E-state index is 12.9. The summed E-state index contributed by atoms with van der Waals surface area (Å²) in [5, 5.41) is 2.68. The fraction of sp³-hybridized carbons (Fsp3) is 0.417. The minimum absolute atomic E-state index is 0.181. The van der Waals surface area contributed by atoms with Gasteiger partial charge in [0.15, 0.2) is 6.61 Å². The van der Waals surface area contributed by atoms with Gasteiger partial charge in [-0.05, 0) is 68.7 Å². The second kappa shape index (κ2) is 11.3. The molecule has 2 aromatic rings. The topological polar surface area (TPSA) is 111 Å². The molecular weight excluding hydrogens is 460 g/mol. The lowest BCUT2D eigenvalue weighted by Gasteiger charge is -2.30. The minimum Gasteiger partial charge on any atom is -0.495 e. The van der Waals surface area contributed by atoms with Crippen molar-refractivity contribution < 1.29 is 32.2 Å². The minimum atomic E-state index is -3.66. The Balaban J connectivity index is 1.49. The van der Waals surface area contributed by atoms with Gasteiger partial charge in [0.05, 0.1) is 30.2 Å². The number of amides is 1. The van der Waals surface area contributed by atoms with Crippen molar-refractivity contribution in [3.63, 3.8) is 0 Å². The van der Waals surface area contributed by atoms with Gasteiger partial charge in [-0.3, -0.25) is 9.59 Å². The molecule has 1 fully saturated rings. The summed E-state index contributed by atoms with van der Waals surface area (Å²) in [5.74, 6) is -0.343. The Hall–Kier alpha value is -3.11. The third-order valence-electron chi connectivity index (χ3n) is 5.53. The summed E-state index contributed by atoms with van der Waals surface area (Å²) >= 11 is 0. The average molecular weight is 491 g/mol. The first kappa shape index (κ1) is 25.5. The lowest BCUT2D eigenvalue weighted by atomic mass is 9.98. The third kappa shape index (κ3) is 6.27. The second-order valence-corrected chi connectivity index (χ2v) is 9.88. The Kier molecular flexibility index (Phi) is 8.51. The van der Waals surface area contributed by atoms with Gasteiger partial charge < -0.3 is 19.5 Å². The monoisotopic (exact) mass is 490 g/mol. The zero-order chi connectivity index (χ0) is 24.7. The first-order chi connectivity index (χ1) is 16.2. The van der Waals surface area contributed by atoms with E-state index in [-0.39, 0.29) is 18.0 Å². The maximum atomic E-state index is 12.9. The fourth-order valence-corrected chi connectivity index (χ4v) is 5.19. The van der Waals surface area contributed by atoms with Crippen molar-refractivity contribution in [3.8, 4) is 11.5 Å². The Bertz CT molecular complexity index is 1110. The van der Waals surface area contributed by atoms with Crippen LogP contribution in [0.25, 0.3) is 0 Å². The highest BCUT2D eigenvalue weighted by molar-refractivity contribution is 7.89. The van der Waals surface area contributed by atoms with E-state index >= 15 is 0 Å². The van der Waals surface area contributed by atoms with Gasteiger partial charge in [0.1, 0.15) is 11.5 Å².